The van der Waals surface area contributed by atoms with Crippen molar-refractivity contribution in [1.29, 1.82) is 0 Å². The maximum atomic E-state index is 13.7. The van der Waals surface area contributed by atoms with Crippen molar-refractivity contribution >= 4 is 17.6 Å². The molecule has 3 heterocycles. The standard InChI is InChI=1S/C29H38N4O3/c1-30-15-6-9-25-21-24(10-11-26(25)30)22-31-17-13-29(14-18-31)27(34)32(28(35)33(29)19-20-36-2)16-12-23-7-4-3-5-8-23/h3-5,7-8,10-11,21H,6,9,12-20,22H2,1-2H3. The minimum atomic E-state index is -0.749. The van der Waals surface area contributed by atoms with Gasteiger partial charge in [-0.25, -0.2) is 4.79 Å². The van der Waals surface area contributed by atoms with Gasteiger partial charge in [-0.1, -0.05) is 42.5 Å². The van der Waals surface area contributed by atoms with Crippen LogP contribution >= 0.6 is 0 Å². The Bertz CT molecular complexity index is 1080. The third-order valence-corrected chi connectivity index (χ3v) is 8.19. The highest BCUT2D eigenvalue weighted by molar-refractivity contribution is 6.07. The smallest absolute Gasteiger partial charge is 0.327 e. The van der Waals surface area contributed by atoms with Crippen LogP contribution in [-0.4, -0.2) is 85.7 Å². The van der Waals surface area contributed by atoms with E-state index >= 15 is 0 Å². The Balaban J connectivity index is 1.27. The average Bonchev–Trinajstić information content (AvgIpc) is 3.08. The van der Waals surface area contributed by atoms with Gasteiger partial charge in [-0.15, -0.1) is 0 Å². The molecule has 7 nitrogen and oxygen atoms in total. The average molecular weight is 491 g/mol. The lowest BCUT2D eigenvalue weighted by atomic mass is 9.85. The summed E-state index contributed by atoms with van der Waals surface area (Å²) in [5.41, 5.74) is 4.50. The van der Waals surface area contributed by atoms with Gasteiger partial charge in [0, 0.05) is 59.1 Å². The number of piperidine rings is 1. The monoisotopic (exact) mass is 490 g/mol. The molecule has 2 saturated heterocycles. The van der Waals surface area contributed by atoms with Crippen molar-refractivity contribution in [2.45, 2.75) is 44.2 Å². The van der Waals surface area contributed by atoms with Crippen LogP contribution < -0.4 is 4.90 Å². The molecule has 2 fully saturated rings. The van der Waals surface area contributed by atoms with Gasteiger partial charge in [0.25, 0.3) is 5.91 Å². The summed E-state index contributed by atoms with van der Waals surface area (Å²) < 4.78 is 5.30. The van der Waals surface area contributed by atoms with E-state index in [-0.39, 0.29) is 11.9 Å². The molecule has 0 unspecified atom stereocenters. The molecular weight excluding hydrogens is 452 g/mol. The number of methoxy groups -OCH3 is 1. The molecule has 2 aromatic carbocycles. The van der Waals surface area contributed by atoms with Crippen LogP contribution in [0.15, 0.2) is 48.5 Å². The highest BCUT2D eigenvalue weighted by Crippen LogP contribution is 2.38. The molecule has 192 valence electrons. The van der Waals surface area contributed by atoms with Crippen LogP contribution in [0.1, 0.15) is 36.0 Å². The van der Waals surface area contributed by atoms with Gasteiger partial charge >= 0.3 is 6.03 Å². The number of ether oxygens (including phenoxy) is 1. The summed E-state index contributed by atoms with van der Waals surface area (Å²) in [5, 5.41) is 0. The molecule has 0 N–H and O–H groups in total. The third-order valence-electron chi connectivity index (χ3n) is 8.19. The molecule has 0 atom stereocenters. The Hall–Kier alpha value is -2.90. The maximum absolute atomic E-state index is 13.7. The van der Waals surface area contributed by atoms with Gasteiger partial charge in [0.2, 0.25) is 0 Å². The molecule has 3 aliphatic rings. The van der Waals surface area contributed by atoms with E-state index < -0.39 is 5.54 Å². The summed E-state index contributed by atoms with van der Waals surface area (Å²) in [4.78, 5) is 35.2. The number of aryl methyl sites for hydroxylation is 1. The van der Waals surface area contributed by atoms with Gasteiger partial charge in [-0.3, -0.25) is 14.6 Å². The Kier molecular flexibility index (Phi) is 7.30. The molecule has 5 rings (SSSR count). The van der Waals surface area contributed by atoms with E-state index in [9.17, 15) is 9.59 Å². The number of hydrogen-bond donors (Lipinski definition) is 0. The Labute approximate surface area is 214 Å². The van der Waals surface area contributed by atoms with E-state index in [1.54, 1.807) is 12.0 Å². The molecule has 1 spiro atoms. The van der Waals surface area contributed by atoms with Gasteiger partial charge in [0.15, 0.2) is 0 Å². The number of likely N-dealkylation sites (tertiary alicyclic amines) is 1. The van der Waals surface area contributed by atoms with Crippen LogP contribution in [0.4, 0.5) is 10.5 Å². The molecule has 2 aromatic rings. The number of anilines is 1. The van der Waals surface area contributed by atoms with E-state index in [2.05, 4.69) is 35.0 Å². The number of nitrogens with zero attached hydrogens (tertiary/aromatic N) is 4. The van der Waals surface area contributed by atoms with Crippen molar-refractivity contribution in [3.8, 4) is 0 Å². The van der Waals surface area contributed by atoms with Crippen molar-refractivity contribution < 1.29 is 14.3 Å². The van der Waals surface area contributed by atoms with Crippen molar-refractivity contribution in [2.75, 3.05) is 58.4 Å². The Morgan fingerprint density at radius 1 is 0.944 bits per heavy atom. The molecule has 3 amide bonds. The lowest BCUT2D eigenvalue weighted by Gasteiger charge is -2.42. The van der Waals surface area contributed by atoms with Gasteiger partial charge in [0.05, 0.1) is 6.61 Å². The first-order valence-corrected chi connectivity index (χ1v) is 13.2. The second kappa shape index (κ2) is 10.6. The highest BCUT2D eigenvalue weighted by atomic mass is 16.5. The SMILES string of the molecule is COCCN1C(=O)N(CCc2ccccc2)C(=O)C12CCN(Cc1ccc3c(c1)CCCN3C)CC2. The van der Waals surface area contributed by atoms with Gasteiger partial charge in [-0.2, -0.15) is 0 Å². The van der Waals surface area contributed by atoms with E-state index in [1.807, 2.05) is 30.3 Å². The van der Waals surface area contributed by atoms with Crippen molar-refractivity contribution in [2.24, 2.45) is 0 Å². The minimum absolute atomic E-state index is 0.0315. The van der Waals surface area contributed by atoms with Crippen LogP contribution in [0.3, 0.4) is 0 Å². The number of carbonyl (C=O) groups is 2. The summed E-state index contributed by atoms with van der Waals surface area (Å²) in [6.07, 6.45) is 4.34. The molecule has 0 radical (unpaired) electrons. The topological polar surface area (TPSA) is 56.3 Å². The number of imide groups is 1. The third kappa shape index (κ3) is 4.74. The lowest BCUT2D eigenvalue weighted by molar-refractivity contribution is -0.135. The Morgan fingerprint density at radius 2 is 1.72 bits per heavy atom. The van der Waals surface area contributed by atoms with Crippen LogP contribution in [-0.2, 0) is 28.9 Å². The molecule has 0 aliphatic carbocycles. The fourth-order valence-corrected chi connectivity index (χ4v) is 6.12. The zero-order valence-corrected chi connectivity index (χ0v) is 21.6. The Morgan fingerprint density at radius 3 is 2.47 bits per heavy atom. The summed E-state index contributed by atoms with van der Waals surface area (Å²) >= 11 is 0. The number of hydrogen-bond acceptors (Lipinski definition) is 5. The highest BCUT2D eigenvalue weighted by Gasteiger charge is 2.57. The number of rotatable bonds is 8. The summed E-state index contributed by atoms with van der Waals surface area (Å²) in [6, 6.07) is 16.7. The van der Waals surface area contributed by atoms with Crippen LogP contribution in [0.25, 0.3) is 0 Å². The van der Waals surface area contributed by atoms with E-state index in [4.69, 9.17) is 4.74 Å². The number of urea groups is 1. The zero-order valence-electron chi connectivity index (χ0n) is 21.6. The largest absolute Gasteiger partial charge is 0.383 e. The van der Waals surface area contributed by atoms with Gasteiger partial charge in [0.1, 0.15) is 5.54 Å². The van der Waals surface area contributed by atoms with Crippen LogP contribution in [0.5, 0.6) is 0 Å². The first kappa shape index (κ1) is 24.8. The second-order valence-electron chi connectivity index (χ2n) is 10.4. The number of carbonyl (C=O) groups excluding carboxylic acids is 2. The van der Waals surface area contributed by atoms with E-state index in [0.29, 0.717) is 39.0 Å². The van der Waals surface area contributed by atoms with E-state index in [1.165, 1.54) is 28.1 Å². The molecule has 0 saturated carbocycles. The van der Waals surface area contributed by atoms with Crippen molar-refractivity contribution in [3.05, 3.63) is 65.2 Å². The number of amides is 3. The minimum Gasteiger partial charge on any atom is -0.383 e. The number of fused-ring (bicyclic) bond motifs is 1. The fraction of sp³-hybridized carbons (Fsp3) is 0.517. The maximum Gasteiger partial charge on any atom is 0.327 e. The van der Waals surface area contributed by atoms with Crippen LogP contribution in [0.2, 0.25) is 0 Å². The normalized spacial score (nSPS) is 19.9. The molecule has 7 heteroatoms. The van der Waals surface area contributed by atoms with E-state index in [0.717, 1.165) is 38.2 Å². The predicted octanol–water partition coefficient (Wildman–Crippen LogP) is 3.56. The number of benzene rings is 2. The molecule has 3 aliphatic heterocycles. The molecule has 36 heavy (non-hydrogen) atoms. The second-order valence-corrected chi connectivity index (χ2v) is 10.4. The molecule has 0 aromatic heterocycles. The van der Waals surface area contributed by atoms with Crippen LogP contribution in [0, 0.1) is 0 Å². The first-order chi connectivity index (χ1) is 17.5. The molecule has 0 bridgehead atoms. The summed E-state index contributed by atoms with van der Waals surface area (Å²) in [7, 11) is 3.81. The fourth-order valence-electron chi connectivity index (χ4n) is 6.12. The van der Waals surface area contributed by atoms with Crippen molar-refractivity contribution in [1.82, 2.24) is 14.7 Å². The van der Waals surface area contributed by atoms with Crippen molar-refractivity contribution in [3.63, 3.8) is 0 Å². The first-order valence-electron chi connectivity index (χ1n) is 13.2. The summed E-state index contributed by atoms with van der Waals surface area (Å²) in [6.45, 7) is 4.89. The predicted molar refractivity (Wildman–Crippen MR) is 141 cm³/mol. The quantitative estimate of drug-likeness (QED) is 0.530. The zero-order chi connectivity index (χ0) is 25.1. The van der Waals surface area contributed by atoms with Gasteiger partial charge < -0.3 is 14.5 Å². The summed E-state index contributed by atoms with van der Waals surface area (Å²) in [5.74, 6) is -0.0315. The molecular formula is C29H38N4O3. The van der Waals surface area contributed by atoms with Gasteiger partial charge in [-0.05, 0) is 54.9 Å². The lowest BCUT2D eigenvalue weighted by Crippen LogP contribution is -2.57.